The van der Waals surface area contributed by atoms with E-state index in [0.29, 0.717) is 11.8 Å². The van der Waals surface area contributed by atoms with Gasteiger partial charge >= 0.3 is 0 Å². The second-order valence-electron chi connectivity index (χ2n) is 6.48. The summed E-state index contributed by atoms with van der Waals surface area (Å²) in [6, 6.07) is 0. The molecule has 1 aliphatic carbocycles. The van der Waals surface area contributed by atoms with E-state index in [2.05, 4.69) is 23.6 Å². The Balaban J connectivity index is 1.73. The van der Waals surface area contributed by atoms with Crippen LogP contribution in [0.25, 0.3) is 0 Å². The maximum Gasteiger partial charge on any atom is 0.225 e. The van der Waals surface area contributed by atoms with Gasteiger partial charge in [0.2, 0.25) is 5.91 Å². The van der Waals surface area contributed by atoms with Gasteiger partial charge in [-0.15, -0.1) is 0 Å². The highest BCUT2D eigenvalue weighted by atomic mass is 16.2. The van der Waals surface area contributed by atoms with Gasteiger partial charge in [-0.1, -0.05) is 20.3 Å². The summed E-state index contributed by atoms with van der Waals surface area (Å²) in [7, 11) is 0. The molecule has 110 valence electrons. The second kappa shape index (κ2) is 7.28. The summed E-state index contributed by atoms with van der Waals surface area (Å²) in [6.45, 7) is 9.82. The van der Waals surface area contributed by atoms with Crippen LogP contribution in [0.2, 0.25) is 0 Å². The number of rotatable bonds is 4. The summed E-state index contributed by atoms with van der Waals surface area (Å²) >= 11 is 0. The SMILES string of the molecule is CCCCN1CCN(C(=O)C2CCC(C)CC2)CC1. The molecular formula is C16H30N2O. The third-order valence-electron chi connectivity index (χ3n) is 4.88. The van der Waals surface area contributed by atoms with Gasteiger partial charge in [-0.25, -0.2) is 0 Å². The van der Waals surface area contributed by atoms with Gasteiger partial charge in [0.1, 0.15) is 0 Å². The molecule has 1 saturated heterocycles. The molecule has 0 unspecified atom stereocenters. The van der Waals surface area contributed by atoms with Crippen molar-refractivity contribution in [2.45, 2.75) is 52.4 Å². The van der Waals surface area contributed by atoms with E-state index in [1.807, 2.05) is 0 Å². The smallest absolute Gasteiger partial charge is 0.225 e. The van der Waals surface area contributed by atoms with Crippen molar-refractivity contribution in [1.29, 1.82) is 0 Å². The molecule has 1 amide bonds. The van der Waals surface area contributed by atoms with Crippen LogP contribution in [0.4, 0.5) is 0 Å². The maximum atomic E-state index is 12.5. The van der Waals surface area contributed by atoms with Crippen LogP contribution in [0, 0.1) is 11.8 Å². The topological polar surface area (TPSA) is 23.6 Å². The fraction of sp³-hybridized carbons (Fsp3) is 0.938. The van der Waals surface area contributed by atoms with Gasteiger partial charge in [-0.3, -0.25) is 9.69 Å². The van der Waals surface area contributed by atoms with Gasteiger partial charge in [0.05, 0.1) is 0 Å². The first-order chi connectivity index (χ1) is 9.20. The van der Waals surface area contributed by atoms with Crippen LogP contribution in [0.3, 0.4) is 0 Å². The number of hydrogen-bond acceptors (Lipinski definition) is 2. The van der Waals surface area contributed by atoms with Gasteiger partial charge in [-0.2, -0.15) is 0 Å². The lowest BCUT2D eigenvalue weighted by molar-refractivity contribution is -0.138. The molecule has 2 rings (SSSR count). The van der Waals surface area contributed by atoms with Crippen molar-refractivity contribution >= 4 is 5.91 Å². The molecule has 2 fully saturated rings. The molecule has 0 atom stereocenters. The van der Waals surface area contributed by atoms with Crippen LogP contribution in [0.5, 0.6) is 0 Å². The van der Waals surface area contributed by atoms with Crippen LogP contribution in [0.15, 0.2) is 0 Å². The highest BCUT2D eigenvalue weighted by molar-refractivity contribution is 5.79. The van der Waals surface area contributed by atoms with Gasteiger partial charge in [0, 0.05) is 32.1 Å². The van der Waals surface area contributed by atoms with E-state index in [9.17, 15) is 4.79 Å². The lowest BCUT2D eigenvalue weighted by Crippen LogP contribution is -2.50. The predicted octanol–water partition coefficient (Wildman–Crippen LogP) is 2.76. The minimum atomic E-state index is 0.332. The average molecular weight is 266 g/mol. The van der Waals surface area contributed by atoms with E-state index < -0.39 is 0 Å². The maximum absolute atomic E-state index is 12.5. The molecule has 3 nitrogen and oxygen atoms in total. The number of carbonyl (C=O) groups is 1. The molecular weight excluding hydrogens is 236 g/mol. The molecule has 0 radical (unpaired) electrons. The first kappa shape index (κ1) is 14.8. The number of carbonyl (C=O) groups excluding carboxylic acids is 1. The molecule has 1 heterocycles. The summed E-state index contributed by atoms with van der Waals surface area (Å²) in [5.41, 5.74) is 0. The van der Waals surface area contributed by atoms with E-state index in [0.717, 1.165) is 44.9 Å². The van der Waals surface area contributed by atoms with Gasteiger partial charge in [-0.05, 0) is 44.6 Å². The van der Waals surface area contributed by atoms with Crippen molar-refractivity contribution in [2.24, 2.45) is 11.8 Å². The van der Waals surface area contributed by atoms with Gasteiger partial charge in [0.25, 0.3) is 0 Å². The van der Waals surface area contributed by atoms with Crippen molar-refractivity contribution in [3.8, 4) is 0 Å². The summed E-state index contributed by atoms with van der Waals surface area (Å²) in [5, 5.41) is 0. The van der Waals surface area contributed by atoms with E-state index >= 15 is 0 Å². The van der Waals surface area contributed by atoms with Crippen molar-refractivity contribution in [1.82, 2.24) is 9.80 Å². The summed E-state index contributed by atoms with van der Waals surface area (Å²) in [5.74, 6) is 1.61. The van der Waals surface area contributed by atoms with E-state index in [-0.39, 0.29) is 0 Å². The Morgan fingerprint density at radius 2 is 1.68 bits per heavy atom. The summed E-state index contributed by atoms with van der Waals surface area (Å²) in [4.78, 5) is 17.1. The Kier molecular flexibility index (Phi) is 5.68. The van der Waals surface area contributed by atoms with E-state index in [1.165, 1.54) is 32.2 Å². The van der Waals surface area contributed by atoms with Crippen LogP contribution >= 0.6 is 0 Å². The number of nitrogens with zero attached hydrogens (tertiary/aromatic N) is 2. The number of amides is 1. The first-order valence-corrected chi connectivity index (χ1v) is 8.21. The minimum Gasteiger partial charge on any atom is -0.340 e. The Morgan fingerprint density at radius 3 is 2.26 bits per heavy atom. The Hall–Kier alpha value is -0.570. The molecule has 19 heavy (non-hydrogen) atoms. The highest BCUT2D eigenvalue weighted by Gasteiger charge is 2.29. The molecule has 2 aliphatic rings. The zero-order valence-electron chi connectivity index (χ0n) is 12.7. The number of hydrogen-bond donors (Lipinski definition) is 0. The normalized spacial score (nSPS) is 29.5. The predicted molar refractivity (Wildman–Crippen MR) is 79.1 cm³/mol. The number of unbranched alkanes of at least 4 members (excludes halogenated alkanes) is 1. The summed E-state index contributed by atoms with van der Waals surface area (Å²) in [6.07, 6.45) is 7.28. The summed E-state index contributed by atoms with van der Waals surface area (Å²) < 4.78 is 0. The standard InChI is InChI=1S/C16H30N2O/c1-3-4-9-17-10-12-18(13-11-17)16(19)15-7-5-14(2)6-8-15/h14-15H,3-13H2,1-2H3. The van der Waals surface area contributed by atoms with Gasteiger partial charge in [0.15, 0.2) is 0 Å². The molecule has 0 aromatic carbocycles. The molecule has 3 heteroatoms. The van der Waals surface area contributed by atoms with E-state index in [4.69, 9.17) is 0 Å². The third kappa shape index (κ3) is 4.20. The average Bonchev–Trinajstić information content (AvgIpc) is 2.46. The van der Waals surface area contributed by atoms with Crippen molar-refractivity contribution < 1.29 is 4.79 Å². The Bertz CT molecular complexity index is 276. The molecule has 0 aromatic heterocycles. The van der Waals surface area contributed by atoms with Crippen molar-refractivity contribution in [3.05, 3.63) is 0 Å². The molecule has 1 aliphatic heterocycles. The largest absolute Gasteiger partial charge is 0.340 e. The zero-order chi connectivity index (χ0) is 13.7. The molecule has 0 spiro atoms. The van der Waals surface area contributed by atoms with Crippen molar-refractivity contribution in [3.63, 3.8) is 0 Å². The van der Waals surface area contributed by atoms with Crippen LogP contribution < -0.4 is 0 Å². The zero-order valence-corrected chi connectivity index (χ0v) is 12.7. The molecule has 0 N–H and O–H groups in total. The van der Waals surface area contributed by atoms with Crippen LogP contribution in [0.1, 0.15) is 52.4 Å². The highest BCUT2D eigenvalue weighted by Crippen LogP contribution is 2.29. The van der Waals surface area contributed by atoms with Gasteiger partial charge < -0.3 is 4.90 Å². The number of piperazine rings is 1. The lowest BCUT2D eigenvalue weighted by Gasteiger charge is -2.37. The molecule has 0 aromatic rings. The van der Waals surface area contributed by atoms with E-state index in [1.54, 1.807) is 0 Å². The fourth-order valence-electron chi connectivity index (χ4n) is 3.34. The first-order valence-electron chi connectivity index (χ1n) is 8.21. The third-order valence-corrected chi connectivity index (χ3v) is 4.88. The Morgan fingerprint density at radius 1 is 1.05 bits per heavy atom. The minimum absolute atomic E-state index is 0.332. The lowest BCUT2D eigenvalue weighted by atomic mass is 9.82. The molecule has 0 bridgehead atoms. The molecule has 1 saturated carbocycles. The van der Waals surface area contributed by atoms with Crippen LogP contribution in [-0.4, -0.2) is 48.4 Å². The van der Waals surface area contributed by atoms with Crippen LogP contribution in [-0.2, 0) is 4.79 Å². The fourth-order valence-corrected chi connectivity index (χ4v) is 3.34. The second-order valence-corrected chi connectivity index (χ2v) is 6.48. The quantitative estimate of drug-likeness (QED) is 0.781. The Labute approximate surface area is 118 Å². The van der Waals surface area contributed by atoms with Crippen molar-refractivity contribution in [2.75, 3.05) is 32.7 Å². The monoisotopic (exact) mass is 266 g/mol.